The highest BCUT2D eigenvalue weighted by Crippen LogP contribution is 2.28. The van der Waals surface area contributed by atoms with E-state index in [0.717, 1.165) is 5.56 Å². The Morgan fingerprint density at radius 2 is 2.00 bits per heavy atom. The SMILES string of the molecule is CCOC(=O)C=Cc1cc2nc(-c3ccco3)nn2c(NCc2ccc(OC)c(OC)c2)n1. The van der Waals surface area contributed by atoms with Gasteiger partial charge < -0.3 is 23.9 Å². The number of fused-ring (bicyclic) bond motifs is 1. The highest BCUT2D eigenvalue weighted by Gasteiger charge is 2.14. The first kappa shape index (κ1) is 21.9. The fourth-order valence-electron chi connectivity index (χ4n) is 3.13. The molecule has 0 aliphatic carbocycles. The highest BCUT2D eigenvalue weighted by molar-refractivity contribution is 5.87. The third-order valence-corrected chi connectivity index (χ3v) is 4.66. The molecule has 1 N–H and O–H groups in total. The number of hydrogen-bond donors (Lipinski definition) is 1. The Kier molecular flexibility index (Phi) is 6.53. The van der Waals surface area contributed by atoms with Crippen molar-refractivity contribution in [2.24, 2.45) is 0 Å². The fourth-order valence-corrected chi connectivity index (χ4v) is 3.13. The van der Waals surface area contributed by atoms with Gasteiger partial charge in [-0.15, -0.1) is 5.10 Å². The van der Waals surface area contributed by atoms with Gasteiger partial charge in [0.1, 0.15) is 0 Å². The van der Waals surface area contributed by atoms with Crippen molar-refractivity contribution in [1.29, 1.82) is 0 Å². The largest absolute Gasteiger partial charge is 0.493 e. The predicted molar refractivity (Wildman–Crippen MR) is 121 cm³/mol. The summed E-state index contributed by atoms with van der Waals surface area (Å²) in [5.74, 6) is 2.22. The number of nitrogens with zero attached hydrogens (tertiary/aromatic N) is 4. The Labute approximate surface area is 189 Å². The van der Waals surface area contributed by atoms with E-state index in [1.807, 2.05) is 18.2 Å². The Bertz CT molecular complexity index is 1280. The van der Waals surface area contributed by atoms with Crippen molar-refractivity contribution < 1.29 is 23.4 Å². The highest BCUT2D eigenvalue weighted by atomic mass is 16.5. The number of ether oxygens (including phenoxy) is 3. The van der Waals surface area contributed by atoms with Crippen LogP contribution in [0.4, 0.5) is 5.95 Å². The van der Waals surface area contributed by atoms with Crippen LogP contribution in [0.1, 0.15) is 18.2 Å². The van der Waals surface area contributed by atoms with Gasteiger partial charge in [-0.3, -0.25) is 0 Å². The van der Waals surface area contributed by atoms with Crippen molar-refractivity contribution in [3.05, 3.63) is 60.0 Å². The second kappa shape index (κ2) is 9.86. The number of rotatable bonds is 9. The van der Waals surface area contributed by atoms with Gasteiger partial charge in [-0.1, -0.05) is 6.07 Å². The molecule has 10 nitrogen and oxygen atoms in total. The topological polar surface area (TPSA) is 113 Å². The van der Waals surface area contributed by atoms with Gasteiger partial charge >= 0.3 is 5.97 Å². The number of carbonyl (C=O) groups excluding carboxylic acids is 1. The molecule has 4 aromatic rings. The lowest BCUT2D eigenvalue weighted by molar-refractivity contribution is -0.137. The van der Waals surface area contributed by atoms with Crippen molar-refractivity contribution in [2.45, 2.75) is 13.5 Å². The number of furan rings is 1. The first-order chi connectivity index (χ1) is 16.1. The van der Waals surface area contributed by atoms with Gasteiger partial charge in [0.2, 0.25) is 11.8 Å². The second-order valence-corrected chi connectivity index (χ2v) is 6.82. The molecule has 0 saturated carbocycles. The van der Waals surface area contributed by atoms with E-state index in [2.05, 4.69) is 20.4 Å². The third kappa shape index (κ3) is 4.95. The summed E-state index contributed by atoms with van der Waals surface area (Å²) in [6, 6.07) is 10.9. The molecule has 10 heteroatoms. The maximum atomic E-state index is 11.7. The van der Waals surface area contributed by atoms with Crippen molar-refractivity contribution in [2.75, 3.05) is 26.1 Å². The lowest BCUT2D eigenvalue weighted by atomic mass is 10.2. The lowest BCUT2D eigenvalue weighted by Gasteiger charge is -2.11. The molecule has 0 unspecified atom stereocenters. The molecule has 0 radical (unpaired) electrons. The zero-order chi connectivity index (χ0) is 23.2. The summed E-state index contributed by atoms with van der Waals surface area (Å²) < 4.78 is 22.6. The quantitative estimate of drug-likeness (QED) is 0.302. The van der Waals surface area contributed by atoms with Gasteiger partial charge in [0.15, 0.2) is 22.9 Å². The molecule has 1 aromatic carbocycles. The van der Waals surface area contributed by atoms with Crippen LogP contribution >= 0.6 is 0 Å². The van der Waals surface area contributed by atoms with Crippen molar-refractivity contribution >= 4 is 23.6 Å². The van der Waals surface area contributed by atoms with Crippen LogP contribution in [-0.2, 0) is 16.1 Å². The van der Waals surface area contributed by atoms with Crippen LogP contribution < -0.4 is 14.8 Å². The normalized spacial score (nSPS) is 11.1. The molecule has 4 rings (SSSR count). The van der Waals surface area contributed by atoms with Crippen LogP contribution in [0.15, 0.2) is 53.2 Å². The number of methoxy groups -OCH3 is 2. The molecule has 170 valence electrons. The van der Waals surface area contributed by atoms with Crippen molar-refractivity contribution in [3.63, 3.8) is 0 Å². The van der Waals surface area contributed by atoms with Gasteiger partial charge in [-0.2, -0.15) is 4.52 Å². The van der Waals surface area contributed by atoms with E-state index in [9.17, 15) is 4.79 Å². The fraction of sp³-hybridized carbons (Fsp3) is 0.217. The van der Waals surface area contributed by atoms with E-state index < -0.39 is 5.97 Å². The molecule has 0 bridgehead atoms. The molecule has 3 aromatic heterocycles. The summed E-state index contributed by atoms with van der Waals surface area (Å²) in [6.45, 7) is 2.48. The smallest absolute Gasteiger partial charge is 0.330 e. The molecule has 0 amide bonds. The van der Waals surface area contributed by atoms with Gasteiger partial charge in [0.05, 0.1) is 32.8 Å². The summed E-state index contributed by atoms with van der Waals surface area (Å²) in [5.41, 5.74) is 2.00. The minimum atomic E-state index is -0.447. The minimum Gasteiger partial charge on any atom is -0.493 e. The predicted octanol–water partition coefficient (Wildman–Crippen LogP) is 3.59. The van der Waals surface area contributed by atoms with Crippen LogP contribution in [-0.4, -0.2) is 46.4 Å². The number of hydrogen-bond acceptors (Lipinski definition) is 9. The molecular formula is C23H23N5O5. The van der Waals surface area contributed by atoms with Gasteiger partial charge in [0.25, 0.3) is 0 Å². The molecule has 0 saturated heterocycles. The zero-order valence-electron chi connectivity index (χ0n) is 18.4. The Morgan fingerprint density at radius 1 is 1.15 bits per heavy atom. The number of esters is 1. The average Bonchev–Trinajstić information content (AvgIpc) is 3.51. The summed E-state index contributed by atoms with van der Waals surface area (Å²) >= 11 is 0. The maximum absolute atomic E-state index is 11.7. The Morgan fingerprint density at radius 3 is 2.73 bits per heavy atom. The molecule has 33 heavy (non-hydrogen) atoms. The summed E-state index contributed by atoms with van der Waals surface area (Å²) in [7, 11) is 3.18. The first-order valence-electron chi connectivity index (χ1n) is 10.2. The van der Waals surface area contributed by atoms with Crippen LogP contribution in [0, 0.1) is 0 Å². The third-order valence-electron chi connectivity index (χ3n) is 4.66. The number of nitrogens with one attached hydrogen (secondary N) is 1. The molecule has 0 spiro atoms. The minimum absolute atomic E-state index is 0.296. The first-order valence-corrected chi connectivity index (χ1v) is 10.2. The van der Waals surface area contributed by atoms with Gasteiger partial charge in [0, 0.05) is 18.7 Å². The summed E-state index contributed by atoms with van der Waals surface area (Å²) in [5, 5.41) is 7.80. The lowest BCUT2D eigenvalue weighted by Crippen LogP contribution is -2.09. The molecule has 0 atom stereocenters. The van der Waals surface area contributed by atoms with Crippen molar-refractivity contribution in [3.8, 4) is 23.1 Å². The number of anilines is 1. The molecule has 0 aliphatic heterocycles. The van der Waals surface area contributed by atoms with Crippen LogP contribution in [0.5, 0.6) is 11.5 Å². The van der Waals surface area contributed by atoms with Crippen LogP contribution in [0.25, 0.3) is 23.3 Å². The second-order valence-electron chi connectivity index (χ2n) is 6.82. The van der Waals surface area contributed by atoms with Gasteiger partial charge in [-0.25, -0.2) is 14.8 Å². The molecule has 0 aliphatic rings. The molecule has 3 heterocycles. The summed E-state index contributed by atoms with van der Waals surface area (Å²) in [6.07, 6.45) is 4.45. The van der Waals surface area contributed by atoms with E-state index in [-0.39, 0.29) is 0 Å². The van der Waals surface area contributed by atoms with Crippen LogP contribution in [0.2, 0.25) is 0 Å². The maximum Gasteiger partial charge on any atom is 0.330 e. The van der Waals surface area contributed by atoms with Crippen LogP contribution in [0.3, 0.4) is 0 Å². The van der Waals surface area contributed by atoms with E-state index in [1.54, 1.807) is 56.2 Å². The molecule has 0 fully saturated rings. The van der Waals surface area contributed by atoms with E-state index in [1.165, 1.54) is 6.08 Å². The van der Waals surface area contributed by atoms with E-state index >= 15 is 0 Å². The van der Waals surface area contributed by atoms with E-state index in [4.69, 9.17) is 18.6 Å². The monoisotopic (exact) mass is 449 g/mol. The summed E-state index contributed by atoms with van der Waals surface area (Å²) in [4.78, 5) is 20.9. The number of aromatic nitrogens is 4. The Balaban J connectivity index is 1.67. The van der Waals surface area contributed by atoms with E-state index in [0.29, 0.717) is 53.5 Å². The number of benzene rings is 1. The zero-order valence-corrected chi connectivity index (χ0v) is 18.4. The average molecular weight is 449 g/mol. The van der Waals surface area contributed by atoms with Gasteiger partial charge in [-0.05, 0) is 42.8 Å². The Hall–Kier alpha value is -4.34. The standard InChI is InChI=1S/C23H23N5O5/c1-4-32-21(29)10-8-16-13-20-26-22(18-6-5-11-33-18)27-28(20)23(25-16)24-14-15-7-9-17(30-2)19(12-15)31-3/h5-13H,4,14H2,1-3H3,(H,24,25). The van der Waals surface area contributed by atoms with Crippen molar-refractivity contribution in [1.82, 2.24) is 19.6 Å². The molecular weight excluding hydrogens is 426 g/mol. The number of carbonyl (C=O) groups is 1.